The van der Waals surface area contributed by atoms with Gasteiger partial charge in [0.25, 0.3) is 5.91 Å². The molecule has 5 nitrogen and oxygen atoms in total. The zero-order valence-corrected chi connectivity index (χ0v) is 12.4. The Bertz CT molecular complexity index is 692. The minimum absolute atomic E-state index is 0.0829. The number of amides is 1. The molecule has 6 heteroatoms. The van der Waals surface area contributed by atoms with Crippen molar-refractivity contribution >= 4 is 29.2 Å². The number of carbonyl (C=O) groups excluding carboxylic acids is 1. The number of nitrogens with one attached hydrogen (secondary N) is 1. The van der Waals surface area contributed by atoms with Gasteiger partial charge in [0.05, 0.1) is 10.7 Å². The number of carboxylic acids is 1. The molecular weight excluding hydrogens is 292 g/mol. The summed E-state index contributed by atoms with van der Waals surface area (Å²) in [6.45, 7) is 3.91. The Morgan fingerprint density at radius 3 is 2.57 bits per heavy atom. The molecule has 0 atom stereocenters. The van der Waals surface area contributed by atoms with E-state index in [-0.39, 0.29) is 28.2 Å². The highest BCUT2D eigenvalue weighted by molar-refractivity contribution is 6.34. The standard InChI is InChI=1S/C15H15ClN2O3/c1-9(2)18-8-4-7-12(18)14(19)17-11-6-3-5-10(16)13(11)15(20)21/h3-9H,1-2H3,(H,17,19)(H,20,21). The number of carboxylic acid groups (broad SMARTS) is 1. The Balaban J connectivity index is 2.34. The van der Waals surface area contributed by atoms with E-state index >= 15 is 0 Å². The smallest absolute Gasteiger partial charge is 0.339 e. The van der Waals surface area contributed by atoms with Crippen LogP contribution in [0.25, 0.3) is 0 Å². The number of benzene rings is 1. The van der Waals surface area contributed by atoms with Gasteiger partial charge in [-0.05, 0) is 38.1 Å². The molecule has 0 aliphatic carbocycles. The van der Waals surface area contributed by atoms with Crippen LogP contribution in [0.4, 0.5) is 5.69 Å². The van der Waals surface area contributed by atoms with Crippen molar-refractivity contribution < 1.29 is 14.7 Å². The number of nitrogens with zero attached hydrogens (tertiary/aromatic N) is 1. The molecule has 1 heterocycles. The van der Waals surface area contributed by atoms with Gasteiger partial charge in [-0.3, -0.25) is 4.79 Å². The molecule has 2 N–H and O–H groups in total. The summed E-state index contributed by atoms with van der Waals surface area (Å²) in [4.78, 5) is 23.6. The fraction of sp³-hybridized carbons (Fsp3) is 0.200. The molecule has 110 valence electrons. The highest BCUT2D eigenvalue weighted by Crippen LogP contribution is 2.25. The second-order valence-corrected chi connectivity index (χ2v) is 5.22. The van der Waals surface area contributed by atoms with Crippen LogP contribution in [0.15, 0.2) is 36.5 Å². The van der Waals surface area contributed by atoms with Gasteiger partial charge in [0.2, 0.25) is 0 Å². The van der Waals surface area contributed by atoms with E-state index in [4.69, 9.17) is 11.6 Å². The monoisotopic (exact) mass is 306 g/mol. The molecule has 2 rings (SSSR count). The largest absolute Gasteiger partial charge is 0.478 e. The third kappa shape index (κ3) is 3.08. The third-order valence-corrected chi connectivity index (χ3v) is 3.36. The van der Waals surface area contributed by atoms with Crippen molar-refractivity contribution in [3.8, 4) is 0 Å². The van der Waals surface area contributed by atoms with Crippen molar-refractivity contribution in [1.82, 2.24) is 4.57 Å². The van der Waals surface area contributed by atoms with E-state index in [1.165, 1.54) is 12.1 Å². The highest BCUT2D eigenvalue weighted by atomic mass is 35.5. The summed E-state index contributed by atoms with van der Waals surface area (Å²) in [5.41, 5.74) is 0.521. The molecule has 0 unspecified atom stereocenters. The fourth-order valence-corrected chi connectivity index (χ4v) is 2.32. The van der Waals surface area contributed by atoms with Crippen molar-refractivity contribution in [3.63, 3.8) is 0 Å². The van der Waals surface area contributed by atoms with Crippen LogP contribution in [0.5, 0.6) is 0 Å². The predicted molar refractivity (Wildman–Crippen MR) is 81.2 cm³/mol. The average molecular weight is 307 g/mol. The van der Waals surface area contributed by atoms with E-state index in [1.54, 1.807) is 29.0 Å². The van der Waals surface area contributed by atoms with Gasteiger partial charge in [0.1, 0.15) is 11.3 Å². The van der Waals surface area contributed by atoms with E-state index in [2.05, 4.69) is 5.32 Å². The molecule has 0 fully saturated rings. The zero-order valence-electron chi connectivity index (χ0n) is 11.6. The topological polar surface area (TPSA) is 71.3 Å². The van der Waals surface area contributed by atoms with Crippen LogP contribution < -0.4 is 5.32 Å². The molecule has 1 amide bonds. The van der Waals surface area contributed by atoms with Gasteiger partial charge in [-0.25, -0.2) is 4.79 Å². The molecule has 0 spiro atoms. The van der Waals surface area contributed by atoms with Gasteiger partial charge in [-0.2, -0.15) is 0 Å². The Kier molecular flexibility index (Phi) is 4.33. The summed E-state index contributed by atoms with van der Waals surface area (Å²) in [7, 11) is 0. The van der Waals surface area contributed by atoms with Gasteiger partial charge in [-0.1, -0.05) is 17.7 Å². The quantitative estimate of drug-likeness (QED) is 0.905. The number of hydrogen-bond acceptors (Lipinski definition) is 2. The van der Waals surface area contributed by atoms with E-state index in [0.717, 1.165) is 0 Å². The molecule has 0 saturated carbocycles. The van der Waals surface area contributed by atoms with Gasteiger partial charge in [0, 0.05) is 12.2 Å². The van der Waals surface area contributed by atoms with Crippen molar-refractivity contribution in [2.45, 2.75) is 19.9 Å². The van der Waals surface area contributed by atoms with E-state index in [0.29, 0.717) is 5.69 Å². The van der Waals surface area contributed by atoms with Gasteiger partial charge >= 0.3 is 5.97 Å². The Morgan fingerprint density at radius 2 is 1.95 bits per heavy atom. The molecule has 0 saturated heterocycles. The van der Waals surface area contributed by atoms with Crippen molar-refractivity contribution in [1.29, 1.82) is 0 Å². The van der Waals surface area contributed by atoms with Crippen molar-refractivity contribution in [3.05, 3.63) is 52.8 Å². The molecule has 1 aromatic heterocycles. The maximum absolute atomic E-state index is 12.3. The Morgan fingerprint density at radius 1 is 1.24 bits per heavy atom. The van der Waals surface area contributed by atoms with Gasteiger partial charge < -0.3 is 15.0 Å². The van der Waals surface area contributed by atoms with Crippen LogP contribution in [-0.2, 0) is 0 Å². The van der Waals surface area contributed by atoms with Crippen LogP contribution in [0.1, 0.15) is 40.7 Å². The van der Waals surface area contributed by atoms with Crippen LogP contribution in [0.3, 0.4) is 0 Å². The lowest BCUT2D eigenvalue weighted by atomic mass is 10.1. The molecular formula is C15H15ClN2O3. The first-order chi connectivity index (χ1) is 9.91. The number of hydrogen-bond donors (Lipinski definition) is 2. The SMILES string of the molecule is CC(C)n1cccc1C(=O)Nc1cccc(Cl)c1C(=O)O. The summed E-state index contributed by atoms with van der Waals surface area (Å²) in [6.07, 6.45) is 1.80. The number of halogens is 1. The summed E-state index contributed by atoms with van der Waals surface area (Å²) >= 11 is 5.88. The average Bonchev–Trinajstić information content (AvgIpc) is 2.87. The molecule has 0 aliphatic rings. The van der Waals surface area contributed by atoms with Crippen LogP contribution in [-0.4, -0.2) is 21.6 Å². The minimum atomic E-state index is -1.19. The first kappa shape index (κ1) is 15.1. The summed E-state index contributed by atoms with van der Waals surface area (Å²) in [6, 6.07) is 8.14. The summed E-state index contributed by atoms with van der Waals surface area (Å²) in [5.74, 6) is -1.56. The molecule has 2 aromatic rings. The maximum atomic E-state index is 12.3. The summed E-state index contributed by atoms with van der Waals surface area (Å²) < 4.78 is 1.81. The number of carbonyl (C=O) groups is 2. The van der Waals surface area contributed by atoms with Crippen molar-refractivity contribution in [2.24, 2.45) is 0 Å². The number of rotatable bonds is 4. The molecule has 0 bridgehead atoms. The Hall–Kier alpha value is -2.27. The molecule has 0 aliphatic heterocycles. The molecule has 21 heavy (non-hydrogen) atoms. The third-order valence-electron chi connectivity index (χ3n) is 3.04. The second-order valence-electron chi connectivity index (χ2n) is 4.82. The van der Waals surface area contributed by atoms with Crippen LogP contribution in [0, 0.1) is 0 Å². The number of aromatic nitrogens is 1. The summed E-state index contributed by atoms with van der Waals surface area (Å²) in [5, 5.41) is 11.9. The van der Waals surface area contributed by atoms with Crippen LogP contribution in [0.2, 0.25) is 5.02 Å². The number of anilines is 1. The van der Waals surface area contributed by atoms with Crippen molar-refractivity contribution in [2.75, 3.05) is 5.32 Å². The lowest BCUT2D eigenvalue weighted by Gasteiger charge is -2.14. The number of aromatic carboxylic acids is 1. The first-order valence-corrected chi connectivity index (χ1v) is 6.79. The predicted octanol–water partition coefficient (Wildman–Crippen LogP) is 3.67. The van der Waals surface area contributed by atoms with Gasteiger partial charge in [-0.15, -0.1) is 0 Å². The van der Waals surface area contributed by atoms with E-state index in [1.807, 2.05) is 13.8 Å². The zero-order chi connectivity index (χ0) is 15.6. The van der Waals surface area contributed by atoms with E-state index in [9.17, 15) is 14.7 Å². The highest BCUT2D eigenvalue weighted by Gasteiger charge is 2.18. The minimum Gasteiger partial charge on any atom is -0.478 e. The molecule has 1 aromatic carbocycles. The van der Waals surface area contributed by atoms with Crippen LogP contribution >= 0.6 is 11.6 Å². The second kappa shape index (κ2) is 6.01. The van der Waals surface area contributed by atoms with Gasteiger partial charge in [0.15, 0.2) is 0 Å². The molecule has 0 radical (unpaired) electrons. The lowest BCUT2D eigenvalue weighted by Crippen LogP contribution is -2.19. The Labute approximate surface area is 127 Å². The normalized spacial score (nSPS) is 10.7. The first-order valence-electron chi connectivity index (χ1n) is 6.41. The fourth-order valence-electron chi connectivity index (χ4n) is 2.07. The lowest BCUT2D eigenvalue weighted by molar-refractivity contribution is 0.0698. The van der Waals surface area contributed by atoms with E-state index < -0.39 is 5.97 Å². The maximum Gasteiger partial charge on any atom is 0.339 e.